The van der Waals surface area contributed by atoms with E-state index < -0.39 is 5.91 Å². The summed E-state index contributed by atoms with van der Waals surface area (Å²) in [7, 11) is 0. The van der Waals surface area contributed by atoms with E-state index in [-0.39, 0.29) is 18.3 Å². The van der Waals surface area contributed by atoms with Crippen LogP contribution in [0.15, 0.2) is 42.5 Å². The zero-order chi connectivity index (χ0) is 18.9. The van der Waals surface area contributed by atoms with Crippen molar-refractivity contribution in [2.24, 2.45) is 0 Å². The highest BCUT2D eigenvalue weighted by molar-refractivity contribution is 7.99. The first-order chi connectivity index (χ1) is 12.4. The Morgan fingerprint density at radius 1 is 1.04 bits per heavy atom. The molecule has 0 fully saturated rings. The van der Waals surface area contributed by atoms with E-state index in [0.717, 1.165) is 16.7 Å². The molecule has 0 bridgehead atoms. The second-order valence-corrected chi connectivity index (χ2v) is 7.18. The van der Waals surface area contributed by atoms with E-state index in [1.807, 2.05) is 44.2 Å². The van der Waals surface area contributed by atoms with E-state index in [0.29, 0.717) is 16.5 Å². The lowest BCUT2D eigenvalue weighted by Crippen LogP contribution is -2.44. The minimum Gasteiger partial charge on any atom is -0.484 e. The number of halogens is 1. The maximum atomic E-state index is 11.7. The van der Waals surface area contributed by atoms with Crippen molar-refractivity contribution >= 4 is 35.2 Å². The van der Waals surface area contributed by atoms with Crippen molar-refractivity contribution in [1.29, 1.82) is 0 Å². The second kappa shape index (κ2) is 10.1. The van der Waals surface area contributed by atoms with Crippen molar-refractivity contribution in [2.75, 3.05) is 12.4 Å². The van der Waals surface area contributed by atoms with Crippen molar-refractivity contribution in [3.63, 3.8) is 0 Å². The first kappa shape index (κ1) is 20.1. The van der Waals surface area contributed by atoms with Crippen LogP contribution < -0.4 is 15.6 Å². The second-order valence-electron chi connectivity index (χ2n) is 5.75. The molecular weight excluding hydrogens is 372 g/mol. The largest absolute Gasteiger partial charge is 0.484 e. The van der Waals surface area contributed by atoms with Gasteiger partial charge in [0.25, 0.3) is 5.91 Å². The number of carbonyl (C=O) groups is 2. The van der Waals surface area contributed by atoms with Gasteiger partial charge in [0.15, 0.2) is 6.61 Å². The van der Waals surface area contributed by atoms with Crippen molar-refractivity contribution in [1.82, 2.24) is 10.9 Å². The lowest BCUT2D eigenvalue weighted by Gasteiger charge is -2.10. The van der Waals surface area contributed by atoms with Crippen LogP contribution in [0.4, 0.5) is 0 Å². The number of amides is 2. The number of hydrogen-bond acceptors (Lipinski definition) is 4. The van der Waals surface area contributed by atoms with Crippen LogP contribution in [0.3, 0.4) is 0 Å². The van der Waals surface area contributed by atoms with Crippen LogP contribution >= 0.6 is 23.4 Å². The van der Waals surface area contributed by atoms with Crippen molar-refractivity contribution in [2.45, 2.75) is 19.6 Å². The molecule has 0 heterocycles. The Balaban J connectivity index is 1.63. The van der Waals surface area contributed by atoms with Gasteiger partial charge in [-0.1, -0.05) is 29.8 Å². The van der Waals surface area contributed by atoms with Gasteiger partial charge in [0, 0.05) is 10.8 Å². The van der Waals surface area contributed by atoms with Crippen molar-refractivity contribution in [3.8, 4) is 5.75 Å². The molecule has 0 radical (unpaired) electrons. The van der Waals surface area contributed by atoms with Gasteiger partial charge in [0.05, 0.1) is 5.75 Å². The third-order valence-electron chi connectivity index (χ3n) is 3.58. The van der Waals surface area contributed by atoms with Crippen LogP contribution in [0.1, 0.15) is 16.7 Å². The Morgan fingerprint density at radius 3 is 2.54 bits per heavy atom. The summed E-state index contributed by atoms with van der Waals surface area (Å²) < 4.78 is 5.41. The third-order valence-corrected chi connectivity index (χ3v) is 4.82. The van der Waals surface area contributed by atoms with Crippen molar-refractivity contribution < 1.29 is 14.3 Å². The summed E-state index contributed by atoms with van der Waals surface area (Å²) >= 11 is 7.35. The quantitative estimate of drug-likeness (QED) is 0.708. The van der Waals surface area contributed by atoms with Crippen LogP contribution in [-0.2, 0) is 15.3 Å². The molecule has 0 aliphatic rings. The van der Waals surface area contributed by atoms with Gasteiger partial charge in [-0.25, -0.2) is 0 Å². The predicted molar refractivity (Wildman–Crippen MR) is 105 cm³/mol. The maximum Gasteiger partial charge on any atom is 0.276 e. The zero-order valence-corrected chi connectivity index (χ0v) is 16.2. The fourth-order valence-corrected chi connectivity index (χ4v) is 3.04. The Kier molecular flexibility index (Phi) is 7.81. The molecule has 2 rings (SSSR count). The maximum absolute atomic E-state index is 11.7. The molecule has 0 atom stereocenters. The number of carbonyl (C=O) groups excluding carboxylic acids is 2. The highest BCUT2D eigenvalue weighted by Crippen LogP contribution is 2.17. The number of rotatable bonds is 7. The van der Waals surface area contributed by atoms with Gasteiger partial charge in [-0.15, -0.1) is 11.8 Å². The average Bonchev–Trinajstić information content (AvgIpc) is 2.61. The molecule has 0 aliphatic carbocycles. The predicted octanol–water partition coefficient (Wildman–Crippen LogP) is 3.42. The summed E-state index contributed by atoms with van der Waals surface area (Å²) in [6, 6.07) is 13.1. The van der Waals surface area contributed by atoms with Gasteiger partial charge in [-0.05, 0) is 54.8 Å². The number of hydrogen-bond donors (Lipinski definition) is 2. The van der Waals surface area contributed by atoms with Gasteiger partial charge in [-0.3, -0.25) is 20.4 Å². The van der Waals surface area contributed by atoms with E-state index in [1.54, 1.807) is 12.1 Å². The monoisotopic (exact) mass is 392 g/mol. The Morgan fingerprint density at radius 2 is 1.81 bits per heavy atom. The van der Waals surface area contributed by atoms with E-state index in [1.165, 1.54) is 11.8 Å². The van der Waals surface area contributed by atoms with Crippen LogP contribution in [0.5, 0.6) is 5.75 Å². The number of thioether (sulfide) groups is 1. The molecule has 7 heteroatoms. The lowest BCUT2D eigenvalue weighted by atomic mass is 10.1. The fourth-order valence-electron chi connectivity index (χ4n) is 2.05. The lowest BCUT2D eigenvalue weighted by molar-refractivity contribution is -0.128. The van der Waals surface area contributed by atoms with E-state index in [9.17, 15) is 9.59 Å². The zero-order valence-electron chi connectivity index (χ0n) is 14.7. The molecule has 0 saturated carbocycles. The molecule has 138 valence electrons. The Bertz CT molecular complexity index is 783. The van der Waals surface area contributed by atoms with Crippen LogP contribution in [0, 0.1) is 13.8 Å². The highest BCUT2D eigenvalue weighted by Gasteiger charge is 2.07. The molecule has 2 N–H and O–H groups in total. The van der Waals surface area contributed by atoms with Gasteiger partial charge in [0.1, 0.15) is 5.75 Å². The van der Waals surface area contributed by atoms with Gasteiger partial charge < -0.3 is 4.74 Å². The van der Waals surface area contributed by atoms with Crippen molar-refractivity contribution in [3.05, 3.63) is 64.2 Å². The Labute approximate surface area is 162 Å². The number of benzene rings is 2. The SMILES string of the molecule is Cc1ccc(OCC(=O)NNC(=O)CSCc2cccc(Cl)c2)cc1C. The number of nitrogens with one attached hydrogen (secondary N) is 2. The molecular formula is C19H21ClN2O3S. The summed E-state index contributed by atoms with van der Waals surface area (Å²) in [5.74, 6) is 0.808. The number of ether oxygens (including phenoxy) is 1. The molecule has 0 unspecified atom stereocenters. The number of aryl methyl sites for hydroxylation is 2. The molecule has 0 aromatic heterocycles. The first-order valence-electron chi connectivity index (χ1n) is 8.04. The molecule has 5 nitrogen and oxygen atoms in total. The molecule has 2 aromatic rings. The summed E-state index contributed by atoms with van der Waals surface area (Å²) in [6.45, 7) is 3.81. The topological polar surface area (TPSA) is 67.4 Å². The highest BCUT2D eigenvalue weighted by atomic mass is 35.5. The minimum absolute atomic E-state index is 0.168. The summed E-state index contributed by atoms with van der Waals surface area (Å²) in [4.78, 5) is 23.5. The smallest absolute Gasteiger partial charge is 0.276 e. The molecule has 0 saturated heterocycles. The van der Waals surface area contributed by atoms with Crippen LogP contribution in [0.25, 0.3) is 0 Å². The van der Waals surface area contributed by atoms with Crippen LogP contribution in [0.2, 0.25) is 5.02 Å². The summed E-state index contributed by atoms with van der Waals surface area (Å²) in [5.41, 5.74) is 8.00. The molecule has 0 spiro atoms. The standard InChI is InChI=1S/C19H21ClN2O3S/c1-13-6-7-17(8-14(13)2)25-10-18(23)21-22-19(24)12-26-11-15-4-3-5-16(20)9-15/h3-9H,10-12H2,1-2H3,(H,21,23)(H,22,24). The molecule has 0 aliphatic heterocycles. The minimum atomic E-state index is -0.420. The van der Waals surface area contributed by atoms with E-state index in [4.69, 9.17) is 16.3 Å². The van der Waals surface area contributed by atoms with Crippen LogP contribution in [-0.4, -0.2) is 24.2 Å². The summed E-state index contributed by atoms with van der Waals surface area (Å²) in [6.07, 6.45) is 0. The van der Waals surface area contributed by atoms with Gasteiger partial charge in [0.2, 0.25) is 5.91 Å². The summed E-state index contributed by atoms with van der Waals surface area (Å²) in [5, 5.41) is 0.670. The average molecular weight is 393 g/mol. The third kappa shape index (κ3) is 6.98. The molecule has 26 heavy (non-hydrogen) atoms. The molecule has 2 amide bonds. The first-order valence-corrected chi connectivity index (χ1v) is 9.57. The van der Waals surface area contributed by atoms with Gasteiger partial charge >= 0.3 is 0 Å². The van der Waals surface area contributed by atoms with E-state index in [2.05, 4.69) is 10.9 Å². The Hall–Kier alpha value is -2.18. The normalized spacial score (nSPS) is 10.3. The van der Waals surface area contributed by atoms with Gasteiger partial charge in [-0.2, -0.15) is 0 Å². The molecule has 2 aromatic carbocycles. The fraction of sp³-hybridized carbons (Fsp3) is 0.263. The number of hydrazine groups is 1. The van der Waals surface area contributed by atoms with E-state index >= 15 is 0 Å².